The fourth-order valence-electron chi connectivity index (χ4n) is 1.51. The molecule has 3 unspecified atom stereocenters. The first kappa shape index (κ1) is 12.7. The van der Waals surface area contributed by atoms with Gasteiger partial charge in [-0.3, -0.25) is 0 Å². The Morgan fingerprint density at radius 2 is 1.92 bits per heavy atom. The van der Waals surface area contributed by atoms with Crippen molar-refractivity contribution in [3.8, 4) is 0 Å². The van der Waals surface area contributed by atoms with Gasteiger partial charge in [0.25, 0.3) is 0 Å². The van der Waals surface area contributed by atoms with Crippen LogP contribution in [0.25, 0.3) is 0 Å². The van der Waals surface area contributed by atoms with E-state index in [0.717, 1.165) is 6.42 Å². The molecule has 2 heteroatoms. The smallest absolute Gasteiger partial charge is 0.0758 e. The number of hydrogen-bond acceptors (Lipinski definition) is 2. The average molecular weight is 185 g/mol. The fraction of sp³-hybridized carbons (Fsp3) is 0.818. The van der Waals surface area contributed by atoms with E-state index in [2.05, 4.69) is 27.4 Å². The summed E-state index contributed by atoms with van der Waals surface area (Å²) in [6.45, 7) is 12.0. The Hall–Kier alpha value is -0.340. The summed E-state index contributed by atoms with van der Waals surface area (Å²) in [4.78, 5) is 0. The van der Waals surface area contributed by atoms with Gasteiger partial charge in [0.15, 0.2) is 0 Å². The van der Waals surface area contributed by atoms with Gasteiger partial charge >= 0.3 is 0 Å². The Morgan fingerprint density at radius 1 is 1.46 bits per heavy atom. The third-order valence-corrected chi connectivity index (χ3v) is 2.53. The monoisotopic (exact) mass is 185 g/mol. The molecule has 0 aromatic rings. The van der Waals surface area contributed by atoms with Gasteiger partial charge in [-0.05, 0) is 11.8 Å². The largest absolute Gasteiger partial charge is 0.391 e. The van der Waals surface area contributed by atoms with Gasteiger partial charge in [0.05, 0.1) is 6.10 Å². The quantitative estimate of drug-likeness (QED) is 0.657. The zero-order valence-electron chi connectivity index (χ0n) is 9.25. The fourth-order valence-corrected chi connectivity index (χ4v) is 1.51. The highest BCUT2D eigenvalue weighted by Gasteiger charge is 2.31. The third kappa shape index (κ3) is 3.49. The number of rotatable bonds is 4. The summed E-state index contributed by atoms with van der Waals surface area (Å²) in [5, 5.41) is 9.92. The average Bonchev–Trinajstić information content (AvgIpc) is 2.01. The van der Waals surface area contributed by atoms with Crippen LogP contribution in [0.2, 0.25) is 0 Å². The second kappa shape index (κ2) is 4.77. The number of nitrogens with two attached hydrogens (primary N) is 1. The molecule has 0 aliphatic rings. The van der Waals surface area contributed by atoms with Gasteiger partial charge in [0.1, 0.15) is 0 Å². The Bertz CT molecular complexity index is 160. The van der Waals surface area contributed by atoms with Crippen molar-refractivity contribution in [3.63, 3.8) is 0 Å². The summed E-state index contributed by atoms with van der Waals surface area (Å²) in [5.41, 5.74) is 5.81. The van der Waals surface area contributed by atoms with E-state index >= 15 is 0 Å². The SMILES string of the molecule is C=CC(C(O)C(N)CC)C(C)(C)C. The maximum Gasteiger partial charge on any atom is 0.0758 e. The minimum absolute atomic E-state index is 0.0218. The molecule has 0 spiro atoms. The van der Waals surface area contributed by atoms with Crippen LogP contribution in [0, 0.1) is 11.3 Å². The maximum atomic E-state index is 9.92. The van der Waals surface area contributed by atoms with Crippen LogP contribution in [0.15, 0.2) is 12.7 Å². The maximum absolute atomic E-state index is 9.92. The van der Waals surface area contributed by atoms with E-state index in [1.807, 2.05) is 6.92 Å². The molecule has 0 saturated carbocycles. The van der Waals surface area contributed by atoms with E-state index in [-0.39, 0.29) is 17.4 Å². The Morgan fingerprint density at radius 3 is 2.15 bits per heavy atom. The molecule has 0 amide bonds. The zero-order valence-corrected chi connectivity index (χ0v) is 9.25. The molecule has 0 aromatic carbocycles. The van der Waals surface area contributed by atoms with Gasteiger partial charge in [-0.25, -0.2) is 0 Å². The van der Waals surface area contributed by atoms with Crippen LogP contribution in [0.1, 0.15) is 34.1 Å². The van der Waals surface area contributed by atoms with Crippen LogP contribution in [0.5, 0.6) is 0 Å². The van der Waals surface area contributed by atoms with E-state index in [1.165, 1.54) is 0 Å². The van der Waals surface area contributed by atoms with Gasteiger partial charge in [0, 0.05) is 12.0 Å². The second-order valence-corrected chi connectivity index (χ2v) is 4.69. The standard InChI is InChI=1S/C11H23NO/c1-6-8(11(3,4)5)10(13)9(12)7-2/h6,8-10,13H,1,7,12H2,2-5H3. The van der Waals surface area contributed by atoms with Crippen LogP contribution in [-0.2, 0) is 0 Å². The van der Waals surface area contributed by atoms with E-state index < -0.39 is 6.10 Å². The van der Waals surface area contributed by atoms with Crippen LogP contribution in [-0.4, -0.2) is 17.3 Å². The first-order valence-corrected chi connectivity index (χ1v) is 4.90. The summed E-state index contributed by atoms with van der Waals surface area (Å²) in [6, 6.07) is -0.151. The molecule has 0 radical (unpaired) electrons. The minimum Gasteiger partial charge on any atom is -0.391 e. The van der Waals surface area contributed by atoms with Crippen LogP contribution < -0.4 is 5.73 Å². The highest BCUT2D eigenvalue weighted by molar-refractivity contribution is 4.95. The summed E-state index contributed by atoms with van der Waals surface area (Å²) in [7, 11) is 0. The van der Waals surface area contributed by atoms with Crippen molar-refractivity contribution in [3.05, 3.63) is 12.7 Å². The minimum atomic E-state index is -0.484. The summed E-state index contributed by atoms with van der Waals surface area (Å²) < 4.78 is 0. The molecule has 0 aromatic heterocycles. The first-order chi connectivity index (χ1) is 5.84. The highest BCUT2D eigenvalue weighted by atomic mass is 16.3. The molecule has 3 atom stereocenters. The van der Waals surface area contributed by atoms with E-state index in [9.17, 15) is 5.11 Å². The molecular formula is C11H23NO. The molecule has 13 heavy (non-hydrogen) atoms. The van der Waals surface area contributed by atoms with Crippen molar-refractivity contribution in [2.45, 2.75) is 46.3 Å². The molecule has 0 fully saturated rings. The van der Waals surface area contributed by atoms with Crippen molar-refractivity contribution in [2.75, 3.05) is 0 Å². The highest BCUT2D eigenvalue weighted by Crippen LogP contribution is 2.30. The summed E-state index contributed by atoms with van der Waals surface area (Å²) >= 11 is 0. The molecule has 0 bridgehead atoms. The summed E-state index contributed by atoms with van der Waals surface area (Å²) in [6.07, 6.45) is 2.12. The van der Waals surface area contributed by atoms with Gasteiger partial charge in [-0.2, -0.15) is 0 Å². The topological polar surface area (TPSA) is 46.2 Å². The molecule has 78 valence electrons. The van der Waals surface area contributed by atoms with Gasteiger partial charge < -0.3 is 10.8 Å². The lowest BCUT2D eigenvalue weighted by molar-refractivity contribution is 0.0499. The Labute approximate surface area is 81.8 Å². The number of aliphatic hydroxyl groups is 1. The lowest BCUT2D eigenvalue weighted by atomic mass is 9.75. The summed E-state index contributed by atoms with van der Waals surface area (Å²) in [5.74, 6) is 0.0578. The normalized spacial score (nSPS) is 19.2. The lowest BCUT2D eigenvalue weighted by Gasteiger charge is -2.34. The van der Waals surface area contributed by atoms with Crippen molar-refractivity contribution in [1.82, 2.24) is 0 Å². The van der Waals surface area contributed by atoms with E-state index in [4.69, 9.17) is 5.73 Å². The predicted octanol–water partition coefficient (Wildman–Crippen LogP) is 1.93. The van der Waals surface area contributed by atoms with E-state index in [1.54, 1.807) is 6.08 Å². The molecule has 0 aliphatic heterocycles. The Kier molecular flexibility index (Phi) is 4.65. The second-order valence-electron chi connectivity index (χ2n) is 4.69. The van der Waals surface area contributed by atoms with Crippen LogP contribution >= 0.6 is 0 Å². The molecular weight excluding hydrogens is 162 g/mol. The van der Waals surface area contributed by atoms with Gasteiger partial charge in [-0.1, -0.05) is 33.8 Å². The lowest BCUT2D eigenvalue weighted by Crippen LogP contribution is -2.43. The van der Waals surface area contributed by atoms with Crippen LogP contribution in [0.4, 0.5) is 0 Å². The predicted molar refractivity (Wildman–Crippen MR) is 57.4 cm³/mol. The van der Waals surface area contributed by atoms with Crippen molar-refractivity contribution >= 4 is 0 Å². The molecule has 3 N–H and O–H groups in total. The Balaban J connectivity index is 4.49. The van der Waals surface area contributed by atoms with Crippen molar-refractivity contribution in [1.29, 1.82) is 0 Å². The third-order valence-electron chi connectivity index (χ3n) is 2.53. The first-order valence-electron chi connectivity index (χ1n) is 4.90. The molecule has 0 heterocycles. The van der Waals surface area contributed by atoms with Crippen molar-refractivity contribution in [2.24, 2.45) is 17.1 Å². The number of hydrogen-bond donors (Lipinski definition) is 2. The van der Waals surface area contributed by atoms with Crippen LogP contribution in [0.3, 0.4) is 0 Å². The molecule has 0 saturated heterocycles. The zero-order chi connectivity index (χ0) is 10.6. The molecule has 0 rings (SSSR count). The molecule has 2 nitrogen and oxygen atoms in total. The van der Waals surface area contributed by atoms with Gasteiger partial charge in [-0.15, -0.1) is 6.58 Å². The number of aliphatic hydroxyl groups excluding tert-OH is 1. The van der Waals surface area contributed by atoms with E-state index in [0.29, 0.717) is 0 Å². The van der Waals surface area contributed by atoms with Crippen molar-refractivity contribution < 1.29 is 5.11 Å². The van der Waals surface area contributed by atoms with Gasteiger partial charge in [0.2, 0.25) is 0 Å². The molecule has 0 aliphatic carbocycles.